The monoisotopic (exact) mass is 373 g/mol. The lowest BCUT2D eigenvalue weighted by Crippen LogP contribution is -2.26. The highest BCUT2D eigenvalue weighted by molar-refractivity contribution is 7.89. The molecular weight excluding hydrogens is 353 g/mol. The van der Waals surface area contributed by atoms with Crippen LogP contribution in [0.4, 0.5) is 4.39 Å². The molecule has 1 aromatic heterocycles. The third kappa shape index (κ3) is 4.17. The number of sulfonamides is 1. The van der Waals surface area contributed by atoms with Gasteiger partial charge in [0.25, 0.3) is 0 Å². The molecule has 136 valence electrons. The van der Waals surface area contributed by atoms with E-state index in [2.05, 4.69) is 9.82 Å². The highest BCUT2D eigenvalue weighted by Gasteiger charge is 2.17. The molecule has 0 atom stereocenters. The first-order valence-corrected chi connectivity index (χ1v) is 9.80. The van der Waals surface area contributed by atoms with Gasteiger partial charge in [-0.1, -0.05) is 30.3 Å². The molecule has 3 rings (SSSR count). The van der Waals surface area contributed by atoms with Crippen molar-refractivity contribution in [3.05, 3.63) is 77.9 Å². The van der Waals surface area contributed by atoms with Crippen molar-refractivity contribution >= 4 is 10.0 Å². The molecule has 0 unspecified atom stereocenters. The van der Waals surface area contributed by atoms with Crippen molar-refractivity contribution < 1.29 is 12.8 Å². The van der Waals surface area contributed by atoms with Crippen LogP contribution >= 0.6 is 0 Å². The first-order chi connectivity index (χ1) is 12.5. The van der Waals surface area contributed by atoms with Gasteiger partial charge in [0.1, 0.15) is 10.7 Å². The molecule has 3 aromatic rings. The van der Waals surface area contributed by atoms with E-state index in [1.807, 2.05) is 48.1 Å². The first kappa shape index (κ1) is 18.3. The molecule has 0 saturated heterocycles. The first-order valence-electron chi connectivity index (χ1n) is 8.32. The van der Waals surface area contributed by atoms with E-state index < -0.39 is 15.8 Å². The molecule has 5 nitrogen and oxygen atoms in total. The fraction of sp³-hybridized carbons (Fsp3) is 0.211. The van der Waals surface area contributed by atoms with Gasteiger partial charge in [0, 0.05) is 12.7 Å². The molecule has 0 aliphatic carbocycles. The number of benzene rings is 2. The summed E-state index contributed by atoms with van der Waals surface area (Å²) in [6.45, 7) is 2.16. The molecule has 0 amide bonds. The van der Waals surface area contributed by atoms with Crippen molar-refractivity contribution in [3.8, 4) is 5.69 Å². The molecule has 0 saturated carbocycles. The van der Waals surface area contributed by atoms with E-state index in [1.54, 1.807) is 0 Å². The van der Waals surface area contributed by atoms with Crippen molar-refractivity contribution in [3.63, 3.8) is 0 Å². The predicted molar refractivity (Wildman–Crippen MR) is 98.2 cm³/mol. The number of nitrogens with zero attached hydrogens (tertiary/aromatic N) is 2. The van der Waals surface area contributed by atoms with Gasteiger partial charge in [-0.15, -0.1) is 0 Å². The van der Waals surface area contributed by atoms with Gasteiger partial charge in [-0.2, -0.15) is 5.10 Å². The fourth-order valence-electron chi connectivity index (χ4n) is 2.68. The smallest absolute Gasteiger partial charge is 0.240 e. The summed E-state index contributed by atoms with van der Waals surface area (Å²) in [7, 11) is -3.84. The van der Waals surface area contributed by atoms with Crippen LogP contribution in [-0.4, -0.2) is 24.7 Å². The van der Waals surface area contributed by atoms with Gasteiger partial charge >= 0.3 is 0 Å². The fourth-order valence-corrected chi connectivity index (χ4v) is 3.83. The number of hydrogen-bond donors (Lipinski definition) is 1. The Labute approximate surface area is 152 Å². The molecule has 0 aliphatic heterocycles. The lowest BCUT2D eigenvalue weighted by atomic mass is 10.1. The molecule has 2 aromatic carbocycles. The zero-order chi connectivity index (χ0) is 18.6. The largest absolute Gasteiger partial charge is 0.243 e. The molecule has 7 heteroatoms. The van der Waals surface area contributed by atoms with E-state index >= 15 is 0 Å². The summed E-state index contributed by atoms with van der Waals surface area (Å²) in [6.07, 6.45) is 3.23. The number of para-hydroxylation sites is 1. The lowest BCUT2D eigenvalue weighted by Gasteiger charge is -2.07. The molecule has 0 bridgehead atoms. The third-order valence-electron chi connectivity index (χ3n) is 4.06. The van der Waals surface area contributed by atoms with Crippen LogP contribution < -0.4 is 4.72 Å². The minimum Gasteiger partial charge on any atom is -0.240 e. The van der Waals surface area contributed by atoms with Crippen molar-refractivity contribution in [2.45, 2.75) is 24.7 Å². The normalized spacial score (nSPS) is 11.6. The van der Waals surface area contributed by atoms with Crippen LogP contribution in [0.25, 0.3) is 5.69 Å². The highest BCUT2D eigenvalue weighted by atomic mass is 32.2. The zero-order valence-electron chi connectivity index (χ0n) is 14.4. The number of aryl methyl sites for hydroxylation is 2. The number of rotatable bonds is 7. The van der Waals surface area contributed by atoms with E-state index in [-0.39, 0.29) is 11.4 Å². The van der Waals surface area contributed by atoms with Crippen LogP contribution in [0.5, 0.6) is 0 Å². The van der Waals surface area contributed by atoms with Gasteiger partial charge in [0.15, 0.2) is 0 Å². The van der Waals surface area contributed by atoms with Gasteiger partial charge < -0.3 is 0 Å². The molecule has 1 N–H and O–H groups in total. The van der Waals surface area contributed by atoms with Gasteiger partial charge in [-0.3, -0.25) is 0 Å². The Morgan fingerprint density at radius 1 is 1.08 bits per heavy atom. The van der Waals surface area contributed by atoms with Crippen molar-refractivity contribution in [2.75, 3.05) is 6.54 Å². The maximum absolute atomic E-state index is 13.6. The molecule has 0 aliphatic rings. The molecule has 26 heavy (non-hydrogen) atoms. The van der Waals surface area contributed by atoms with E-state index in [4.69, 9.17) is 0 Å². The minimum absolute atomic E-state index is 0.229. The van der Waals surface area contributed by atoms with Crippen LogP contribution in [0.15, 0.2) is 65.7 Å². The minimum atomic E-state index is -3.84. The summed E-state index contributed by atoms with van der Waals surface area (Å²) >= 11 is 0. The zero-order valence-corrected chi connectivity index (χ0v) is 15.2. The topological polar surface area (TPSA) is 64.0 Å². The number of hydrogen-bond acceptors (Lipinski definition) is 3. The van der Waals surface area contributed by atoms with Crippen LogP contribution in [0.2, 0.25) is 0 Å². The number of nitrogens with one attached hydrogen (secondary N) is 1. The quantitative estimate of drug-likeness (QED) is 0.647. The summed E-state index contributed by atoms with van der Waals surface area (Å²) in [5.74, 6) is -0.750. The predicted octanol–water partition coefficient (Wildman–Crippen LogP) is 3.23. The lowest BCUT2D eigenvalue weighted by molar-refractivity contribution is 0.555. The SMILES string of the molecule is Cc1nn(-c2ccccc2)cc1CCCNS(=O)(=O)c1ccccc1F. The van der Waals surface area contributed by atoms with Crippen molar-refractivity contribution in [1.82, 2.24) is 14.5 Å². The summed E-state index contributed by atoms with van der Waals surface area (Å²) in [6, 6.07) is 15.1. The number of halogens is 1. The van der Waals surface area contributed by atoms with Gasteiger partial charge in [-0.25, -0.2) is 22.2 Å². The highest BCUT2D eigenvalue weighted by Crippen LogP contribution is 2.15. The summed E-state index contributed by atoms with van der Waals surface area (Å²) in [4.78, 5) is -0.326. The summed E-state index contributed by atoms with van der Waals surface area (Å²) in [5.41, 5.74) is 2.94. The second kappa shape index (κ2) is 7.80. The van der Waals surface area contributed by atoms with Gasteiger partial charge in [0.05, 0.1) is 11.4 Å². The van der Waals surface area contributed by atoms with Crippen LogP contribution in [-0.2, 0) is 16.4 Å². The van der Waals surface area contributed by atoms with E-state index in [1.165, 1.54) is 18.2 Å². The Hall–Kier alpha value is -2.51. The van der Waals surface area contributed by atoms with Crippen LogP contribution in [0, 0.1) is 12.7 Å². The Bertz CT molecular complexity index is 985. The van der Waals surface area contributed by atoms with E-state index in [0.717, 1.165) is 23.0 Å². The third-order valence-corrected chi connectivity index (χ3v) is 5.56. The molecule has 0 fully saturated rings. The molecule has 0 radical (unpaired) electrons. The standard InChI is InChI=1S/C19H20FN3O2S/c1-15-16(14-23(22-15)17-9-3-2-4-10-17)8-7-13-21-26(24,25)19-12-6-5-11-18(19)20/h2-6,9-12,14,21H,7-8,13H2,1H3. The van der Waals surface area contributed by atoms with E-state index in [9.17, 15) is 12.8 Å². The summed E-state index contributed by atoms with van der Waals surface area (Å²) in [5, 5.41) is 4.50. The Balaban J connectivity index is 1.59. The molecular formula is C19H20FN3O2S. The van der Waals surface area contributed by atoms with E-state index in [0.29, 0.717) is 12.8 Å². The Morgan fingerprint density at radius 2 is 1.77 bits per heavy atom. The average Bonchev–Trinajstić information content (AvgIpc) is 3.01. The Morgan fingerprint density at radius 3 is 2.50 bits per heavy atom. The second-order valence-electron chi connectivity index (χ2n) is 5.95. The van der Waals surface area contributed by atoms with Crippen LogP contribution in [0.3, 0.4) is 0 Å². The van der Waals surface area contributed by atoms with Crippen molar-refractivity contribution in [2.24, 2.45) is 0 Å². The molecule has 1 heterocycles. The van der Waals surface area contributed by atoms with Gasteiger partial charge in [0.2, 0.25) is 10.0 Å². The average molecular weight is 373 g/mol. The molecule has 0 spiro atoms. The second-order valence-corrected chi connectivity index (χ2v) is 7.69. The maximum atomic E-state index is 13.6. The maximum Gasteiger partial charge on any atom is 0.243 e. The van der Waals surface area contributed by atoms with Crippen LogP contribution in [0.1, 0.15) is 17.7 Å². The van der Waals surface area contributed by atoms with Crippen molar-refractivity contribution in [1.29, 1.82) is 0 Å². The van der Waals surface area contributed by atoms with Gasteiger partial charge in [-0.05, 0) is 49.6 Å². The summed E-state index contributed by atoms with van der Waals surface area (Å²) < 4.78 is 42.2. The Kier molecular flexibility index (Phi) is 5.49. The number of aromatic nitrogens is 2.